The zero-order valence-corrected chi connectivity index (χ0v) is 13.9. The van der Waals surface area contributed by atoms with E-state index in [9.17, 15) is 4.39 Å². The van der Waals surface area contributed by atoms with Crippen LogP contribution in [0.1, 0.15) is 24.8 Å². The van der Waals surface area contributed by atoms with Crippen molar-refractivity contribution in [2.24, 2.45) is 4.99 Å². The van der Waals surface area contributed by atoms with Crippen molar-refractivity contribution in [3.05, 3.63) is 34.6 Å². The number of hydrogen-bond donors (Lipinski definition) is 2. The largest absolute Gasteiger partial charge is 0.354 e. The highest BCUT2D eigenvalue weighted by Crippen LogP contribution is 2.28. The topological polar surface area (TPSA) is 36.4 Å². The van der Waals surface area contributed by atoms with Gasteiger partial charge in [0.15, 0.2) is 5.96 Å². The van der Waals surface area contributed by atoms with Gasteiger partial charge in [-0.25, -0.2) is 4.39 Å². The lowest BCUT2D eigenvalue weighted by Crippen LogP contribution is -2.42. The molecule has 1 fully saturated rings. The Hall–Kier alpha value is -0.940. The van der Waals surface area contributed by atoms with E-state index < -0.39 is 5.82 Å². The summed E-state index contributed by atoms with van der Waals surface area (Å²) in [5, 5.41) is 7.58. The van der Waals surface area contributed by atoms with Crippen molar-refractivity contribution in [1.29, 1.82) is 0 Å². The van der Waals surface area contributed by atoms with Crippen LogP contribution in [-0.2, 0) is 6.54 Å². The Labute approximate surface area is 134 Å². The Balaban J connectivity index is 1.84. The molecule has 0 aromatic heterocycles. The van der Waals surface area contributed by atoms with Crippen molar-refractivity contribution < 1.29 is 4.39 Å². The lowest BCUT2D eigenvalue weighted by Gasteiger charge is -2.17. The molecule has 3 nitrogen and oxygen atoms in total. The zero-order valence-electron chi connectivity index (χ0n) is 12.3. The lowest BCUT2D eigenvalue weighted by atomic mass is 10.2. The van der Waals surface area contributed by atoms with Crippen molar-refractivity contribution in [1.82, 2.24) is 10.6 Å². The molecule has 1 saturated carbocycles. The minimum absolute atomic E-state index is 0.149. The van der Waals surface area contributed by atoms with Crippen molar-refractivity contribution in [3.63, 3.8) is 0 Å². The molecule has 1 aromatic carbocycles. The van der Waals surface area contributed by atoms with Crippen molar-refractivity contribution in [2.75, 3.05) is 13.3 Å². The molecule has 0 amide bonds. The van der Waals surface area contributed by atoms with Crippen LogP contribution in [-0.4, -0.2) is 30.6 Å². The predicted molar refractivity (Wildman–Crippen MR) is 89.7 cm³/mol. The molecule has 2 unspecified atom stereocenters. The molecule has 0 radical (unpaired) electrons. The fourth-order valence-corrected chi connectivity index (χ4v) is 3.51. The van der Waals surface area contributed by atoms with Crippen LogP contribution in [0.2, 0.25) is 5.02 Å². The van der Waals surface area contributed by atoms with E-state index in [1.54, 1.807) is 19.2 Å². The maximum absolute atomic E-state index is 13.1. The van der Waals surface area contributed by atoms with Crippen LogP contribution in [0.4, 0.5) is 4.39 Å². The van der Waals surface area contributed by atoms with Gasteiger partial charge in [0.2, 0.25) is 0 Å². The number of thioether (sulfide) groups is 1. The Morgan fingerprint density at radius 3 is 2.90 bits per heavy atom. The number of benzene rings is 1. The third-order valence-corrected chi connectivity index (χ3v) is 5.11. The second-order valence-electron chi connectivity index (χ2n) is 5.19. The number of nitrogens with one attached hydrogen (secondary N) is 2. The first-order valence-electron chi connectivity index (χ1n) is 7.06. The summed E-state index contributed by atoms with van der Waals surface area (Å²) in [5.74, 6) is 0.388. The van der Waals surface area contributed by atoms with Crippen LogP contribution in [0.3, 0.4) is 0 Å². The van der Waals surface area contributed by atoms with Crippen LogP contribution in [0.5, 0.6) is 0 Å². The fraction of sp³-hybridized carbons (Fsp3) is 0.533. The molecule has 116 valence electrons. The number of hydrogen-bond acceptors (Lipinski definition) is 2. The van der Waals surface area contributed by atoms with Gasteiger partial charge in [0.05, 0.1) is 5.02 Å². The standard InChI is InChI=1S/C15H21ClFN3S/c1-18-15(20-11-4-5-12(8-11)21-2)19-9-10-3-6-14(17)13(16)7-10/h3,6-7,11-12H,4-5,8-9H2,1-2H3,(H2,18,19,20). The minimum atomic E-state index is -0.392. The number of nitrogens with zero attached hydrogens (tertiary/aromatic N) is 1. The zero-order chi connectivity index (χ0) is 15.2. The van der Waals surface area contributed by atoms with Gasteiger partial charge in [-0.05, 0) is 43.2 Å². The molecular formula is C15H21ClFN3S. The molecule has 1 aliphatic carbocycles. The molecule has 0 spiro atoms. The minimum Gasteiger partial charge on any atom is -0.354 e. The fourth-order valence-electron chi connectivity index (χ4n) is 2.51. The van der Waals surface area contributed by atoms with E-state index in [1.165, 1.54) is 25.3 Å². The third-order valence-electron chi connectivity index (χ3n) is 3.73. The summed E-state index contributed by atoms with van der Waals surface area (Å²) in [7, 11) is 1.76. The molecule has 0 saturated heterocycles. The first kappa shape index (κ1) is 16.4. The quantitative estimate of drug-likeness (QED) is 0.656. The third kappa shape index (κ3) is 4.78. The van der Waals surface area contributed by atoms with Gasteiger partial charge in [-0.1, -0.05) is 17.7 Å². The van der Waals surface area contributed by atoms with Crippen LogP contribution < -0.4 is 10.6 Å². The molecule has 1 aliphatic rings. The highest BCUT2D eigenvalue weighted by atomic mass is 35.5. The monoisotopic (exact) mass is 329 g/mol. The summed E-state index contributed by atoms with van der Waals surface area (Å²) in [6.07, 6.45) is 5.76. The van der Waals surface area contributed by atoms with Crippen LogP contribution in [0, 0.1) is 5.82 Å². The van der Waals surface area contributed by atoms with E-state index >= 15 is 0 Å². The van der Waals surface area contributed by atoms with Crippen molar-refractivity contribution >= 4 is 29.3 Å². The first-order chi connectivity index (χ1) is 10.1. The van der Waals surface area contributed by atoms with Crippen molar-refractivity contribution in [3.8, 4) is 0 Å². The summed E-state index contributed by atoms with van der Waals surface area (Å²) < 4.78 is 13.1. The second kappa shape index (κ2) is 7.90. The Bertz CT molecular complexity index is 510. The molecule has 2 atom stereocenters. The van der Waals surface area contributed by atoms with E-state index in [0.717, 1.165) is 16.8 Å². The number of aliphatic imine (C=N–C) groups is 1. The summed E-state index contributed by atoms with van der Waals surface area (Å²) in [4.78, 5) is 4.24. The summed E-state index contributed by atoms with van der Waals surface area (Å²) in [6, 6.07) is 5.22. The average Bonchev–Trinajstić information content (AvgIpc) is 2.94. The molecular weight excluding hydrogens is 309 g/mol. The molecule has 0 heterocycles. The molecule has 1 aromatic rings. The molecule has 0 aliphatic heterocycles. The van der Waals surface area contributed by atoms with Gasteiger partial charge in [-0.2, -0.15) is 11.8 Å². The van der Waals surface area contributed by atoms with Gasteiger partial charge in [0.25, 0.3) is 0 Å². The van der Waals surface area contributed by atoms with Gasteiger partial charge in [0, 0.05) is 24.9 Å². The number of guanidine groups is 1. The van der Waals surface area contributed by atoms with E-state index in [1.807, 2.05) is 11.8 Å². The normalized spacial score (nSPS) is 22.4. The smallest absolute Gasteiger partial charge is 0.191 e. The van der Waals surface area contributed by atoms with E-state index in [-0.39, 0.29) is 5.02 Å². The molecule has 21 heavy (non-hydrogen) atoms. The van der Waals surface area contributed by atoms with Gasteiger partial charge < -0.3 is 10.6 Å². The molecule has 6 heteroatoms. The highest BCUT2D eigenvalue weighted by Gasteiger charge is 2.24. The summed E-state index contributed by atoms with van der Waals surface area (Å²) in [5.41, 5.74) is 0.928. The predicted octanol–water partition coefficient (Wildman–Crippen LogP) is 3.43. The SMILES string of the molecule is CN=C(NCc1ccc(F)c(Cl)c1)NC1CCC(SC)C1. The Kier molecular flexibility index (Phi) is 6.18. The average molecular weight is 330 g/mol. The van der Waals surface area contributed by atoms with Gasteiger partial charge in [-0.3, -0.25) is 4.99 Å². The first-order valence-corrected chi connectivity index (χ1v) is 8.73. The maximum atomic E-state index is 13.1. The Morgan fingerprint density at radius 2 is 2.29 bits per heavy atom. The lowest BCUT2D eigenvalue weighted by molar-refractivity contribution is 0.614. The van der Waals surface area contributed by atoms with E-state index in [4.69, 9.17) is 11.6 Å². The Morgan fingerprint density at radius 1 is 1.48 bits per heavy atom. The van der Waals surface area contributed by atoms with E-state index in [2.05, 4.69) is 21.9 Å². The number of rotatable bonds is 4. The van der Waals surface area contributed by atoms with Gasteiger partial charge in [0.1, 0.15) is 5.82 Å². The number of halogens is 2. The summed E-state index contributed by atoms with van der Waals surface area (Å²) in [6.45, 7) is 0.568. The molecule has 0 bridgehead atoms. The highest BCUT2D eigenvalue weighted by molar-refractivity contribution is 7.99. The second-order valence-corrected chi connectivity index (χ2v) is 6.73. The van der Waals surface area contributed by atoms with Crippen LogP contribution in [0.25, 0.3) is 0 Å². The van der Waals surface area contributed by atoms with Crippen molar-refractivity contribution in [2.45, 2.75) is 37.1 Å². The summed E-state index contributed by atoms with van der Waals surface area (Å²) >= 11 is 7.72. The van der Waals surface area contributed by atoms with Gasteiger partial charge >= 0.3 is 0 Å². The van der Waals surface area contributed by atoms with Crippen LogP contribution >= 0.6 is 23.4 Å². The molecule has 2 rings (SSSR count). The molecule has 2 N–H and O–H groups in total. The maximum Gasteiger partial charge on any atom is 0.191 e. The van der Waals surface area contributed by atoms with Gasteiger partial charge in [-0.15, -0.1) is 0 Å². The van der Waals surface area contributed by atoms with E-state index in [0.29, 0.717) is 12.6 Å². The van der Waals surface area contributed by atoms with Crippen LogP contribution in [0.15, 0.2) is 23.2 Å².